The fourth-order valence-corrected chi connectivity index (χ4v) is 5.21. The zero-order chi connectivity index (χ0) is 28.5. The van der Waals surface area contributed by atoms with Gasteiger partial charge in [0.1, 0.15) is 0 Å². The van der Waals surface area contributed by atoms with Crippen LogP contribution in [0.1, 0.15) is 206 Å². The Hall–Kier alpha value is -1.12. The molecule has 0 saturated carbocycles. The number of rotatable bonds is 31. The number of ether oxygens (including phenoxy) is 1. The summed E-state index contributed by atoms with van der Waals surface area (Å²) < 4.78 is 5.00. The van der Waals surface area contributed by atoms with Gasteiger partial charge < -0.3 is 4.74 Å². The highest BCUT2D eigenvalue weighted by Gasteiger charge is 2.09. The van der Waals surface area contributed by atoms with E-state index in [9.17, 15) is 9.59 Å². The molecule has 0 amide bonds. The van der Waals surface area contributed by atoms with Crippen molar-refractivity contribution in [3.63, 3.8) is 0 Å². The van der Waals surface area contributed by atoms with Crippen molar-refractivity contribution in [3.8, 4) is 0 Å². The maximum Gasteiger partial charge on any atom is 0.313 e. The molecule has 0 bridgehead atoms. The lowest BCUT2D eigenvalue weighted by atomic mass is 10.1. The standard InChI is InChI=1S/C36H68O3/c1-3-5-7-9-11-13-15-16-17-18-19-20-21-22-24-26-28-30-32-34-36(38)39-35(37)33-31-29-27-25-23-14-12-10-8-6-4-2/h16-17H,3-15,18-34H2,1-2H3. The molecule has 0 aromatic carbocycles. The van der Waals surface area contributed by atoms with Crippen LogP contribution in [0.3, 0.4) is 0 Å². The van der Waals surface area contributed by atoms with Gasteiger partial charge in [-0.05, 0) is 38.5 Å². The summed E-state index contributed by atoms with van der Waals surface area (Å²) in [7, 11) is 0. The lowest BCUT2D eigenvalue weighted by Gasteiger charge is -2.04. The molecule has 230 valence electrons. The predicted octanol–water partition coefficient (Wildman–Crippen LogP) is 12.4. The molecule has 0 radical (unpaired) electrons. The molecular formula is C36H68O3. The minimum absolute atomic E-state index is 0.329. The number of unbranched alkanes of at least 4 members (excludes halogenated alkanes) is 25. The minimum Gasteiger partial charge on any atom is -0.393 e. The van der Waals surface area contributed by atoms with Gasteiger partial charge in [0, 0.05) is 12.8 Å². The number of carbonyl (C=O) groups excluding carboxylic acids is 2. The van der Waals surface area contributed by atoms with Gasteiger partial charge >= 0.3 is 11.9 Å². The lowest BCUT2D eigenvalue weighted by molar-refractivity contribution is -0.159. The number of allylic oxidation sites excluding steroid dienone is 2. The molecular weight excluding hydrogens is 480 g/mol. The first-order valence-electron chi connectivity index (χ1n) is 17.6. The number of hydrogen-bond acceptors (Lipinski definition) is 3. The van der Waals surface area contributed by atoms with Crippen LogP contribution in [-0.4, -0.2) is 11.9 Å². The van der Waals surface area contributed by atoms with E-state index in [1.807, 2.05) is 0 Å². The molecule has 3 nitrogen and oxygen atoms in total. The zero-order valence-electron chi connectivity index (χ0n) is 26.6. The van der Waals surface area contributed by atoms with Gasteiger partial charge in [-0.25, -0.2) is 0 Å². The Morgan fingerprint density at radius 1 is 0.385 bits per heavy atom. The van der Waals surface area contributed by atoms with Crippen LogP contribution in [0.2, 0.25) is 0 Å². The fourth-order valence-electron chi connectivity index (χ4n) is 5.21. The lowest BCUT2D eigenvalue weighted by Crippen LogP contribution is -2.11. The average Bonchev–Trinajstić information content (AvgIpc) is 2.93. The van der Waals surface area contributed by atoms with Gasteiger partial charge in [-0.2, -0.15) is 0 Å². The van der Waals surface area contributed by atoms with Crippen molar-refractivity contribution in [1.82, 2.24) is 0 Å². The highest BCUT2D eigenvalue weighted by atomic mass is 16.6. The highest BCUT2D eigenvalue weighted by Crippen LogP contribution is 2.14. The third-order valence-electron chi connectivity index (χ3n) is 7.85. The summed E-state index contributed by atoms with van der Waals surface area (Å²) >= 11 is 0. The van der Waals surface area contributed by atoms with Crippen LogP contribution in [0.15, 0.2) is 12.2 Å². The maximum absolute atomic E-state index is 11.9. The smallest absolute Gasteiger partial charge is 0.313 e. The van der Waals surface area contributed by atoms with E-state index < -0.39 is 0 Å². The summed E-state index contributed by atoms with van der Waals surface area (Å²) in [6, 6.07) is 0. The monoisotopic (exact) mass is 549 g/mol. The van der Waals surface area contributed by atoms with Crippen LogP contribution in [0.25, 0.3) is 0 Å². The van der Waals surface area contributed by atoms with Crippen LogP contribution in [0, 0.1) is 0 Å². The molecule has 0 aliphatic heterocycles. The first-order valence-corrected chi connectivity index (χ1v) is 17.6. The van der Waals surface area contributed by atoms with Gasteiger partial charge in [-0.15, -0.1) is 0 Å². The SMILES string of the molecule is CCCCCCCCC=CCCCCCCCCCCCC(=O)OC(=O)CCCCCCCCCCCCC. The van der Waals surface area contributed by atoms with Crippen molar-refractivity contribution in [3.05, 3.63) is 12.2 Å². The Bertz CT molecular complexity index is 539. The fraction of sp³-hybridized carbons (Fsp3) is 0.889. The Morgan fingerprint density at radius 2 is 0.641 bits per heavy atom. The van der Waals surface area contributed by atoms with E-state index in [4.69, 9.17) is 4.74 Å². The van der Waals surface area contributed by atoms with Crippen molar-refractivity contribution in [1.29, 1.82) is 0 Å². The third kappa shape index (κ3) is 33.0. The van der Waals surface area contributed by atoms with E-state index in [2.05, 4.69) is 26.0 Å². The first kappa shape index (κ1) is 37.9. The quantitative estimate of drug-likeness (QED) is 0.0374. The molecule has 0 N–H and O–H groups in total. The van der Waals surface area contributed by atoms with Crippen LogP contribution in [0.4, 0.5) is 0 Å². The van der Waals surface area contributed by atoms with Gasteiger partial charge in [-0.3, -0.25) is 9.59 Å². The summed E-state index contributed by atoms with van der Waals surface area (Å²) in [5, 5.41) is 0. The van der Waals surface area contributed by atoms with Crippen LogP contribution in [0.5, 0.6) is 0 Å². The van der Waals surface area contributed by atoms with E-state index in [0.29, 0.717) is 12.8 Å². The summed E-state index contributed by atoms with van der Waals surface area (Å²) in [5.74, 6) is -0.659. The summed E-state index contributed by atoms with van der Waals surface area (Å²) in [4.78, 5) is 23.8. The second-order valence-corrected chi connectivity index (χ2v) is 11.9. The van der Waals surface area contributed by atoms with E-state index in [1.54, 1.807) is 0 Å². The molecule has 0 spiro atoms. The van der Waals surface area contributed by atoms with Crippen molar-refractivity contribution < 1.29 is 14.3 Å². The molecule has 0 fully saturated rings. The molecule has 0 atom stereocenters. The molecule has 0 rings (SSSR count). The number of hydrogen-bond donors (Lipinski definition) is 0. The summed E-state index contributed by atoms with van der Waals surface area (Å²) in [6.45, 7) is 4.53. The van der Waals surface area contributed by atoms with E-state index in [-0.39, 0.29) is 11.9 Å². The Labute approximate surface area is 244 Å². The average molecular weight is 549 g/mol. The number of esters is 2. The van der Waals surface area contributed by atoms with E-state index in [1.165, 1.54) is 154 Å². The second kappa shape index (κ2) is 33.1. The van der Waals surface area contributed by atoms with Gasteiger partial charge in [0.05, 0.1) is 0 Å². The van der Waals surface area contributed by atoms with Crippen molar-refractivity contribution >= 4 is 11.9 Å². The molecule has 0 saturated heterocycles. The van der Waals surface area contributed by atoms with Crippen molar-refractivity contribution in [2.75, 3.05) is 0 Å². The molecule has 0 heterocycles. The molecule has 0 unspecified atom stereocenters. The second-order valence-electron chi connectivity index (χ2n) is 11.9. The molecule has 0 aliphatic carbocycles. The Morgan fingerprint density at radius 3 is 0.949 bits per heavy atom. The van der Waals surface area contributed by atoms with Gasteiger partial charge in [0.15, 0.2) is 0 Å². The van der Waals surface area contributed by atoms with Gasteiger partial charge in [0.2, 0.25) is 0 Å². The maximum atomic E-state index is 11.9. The normalized spacial score (nSPS) is 11.4. The highest BCUT2D eigenvalue weighted by molar-refractivity contribution is 5.85. The third-order valence-corrected chi connectivity index (χ3v) is 7.85. The van der Waals surface area contributed by atoms with Gasteiger partial charge in [0.25, 0.3) is 0 Å². The van der Waals surface area contributed by atoms with Gasteiger partial charge in [-0.1, -0.05) is 167 Å². The summed E-state index contributed by atoms with van der Waals surface area (Å²) in [5.41, 5.74) is 0. The molecule has 39 heavy (non-hydrogen) atoms. The van der Waals surface area contributed by atoms with Crippen LogP contribution in [-0.2, 0) is 14.3 Å². The largest absolute Gasteiger partial charge is 0.393 e. The van der Waals surface area contributed by atoms with Crippen LogP contribution < -0.4 is 0 Å². The predicted molar refractivity (Wildman–Crippen MR) is 170 cm³/mol. The first-order chi connectivity index (χ1) is 19.2. The molecule has 3 heteroatoms. The zero-order valence-corrected chi connectivity index (χ0v) is 26.6. The summed E-state index contributed by atoms with van der Waals surface area (Å²) in [6.07, 6.45) is 41.2. The van der Waals surface area contributed by atoms with E-state index >= 15 is 0 Å². The number of carbonyl (C=O) groups is 2. The molecule has 0 aliphatic rings. The minimum atomic E-state index is -0.330. The Kier molecular flexibility index (Phi) is 32.1. The van der Waals surface area contributed by atoms with Crippen LogP contribution >= 0.6 is 0 Å². The Balaban J connectivity index is 3.30. The van der Waals surface area contributed by atoms with Crippen molar-refractivity contribution in [2.24, 2.45) is 0 Å². The van der Waals surface area contributed by atoms with E-state index in [0.717, 1.165) is 25.7 Å². The van der Waals surface area contributed by atoms with Crippen molar-refractivity contribution in [2.45, 2.75) is 206 Å². The molecule has 0 aromatic heterocycles. The molecule has 0 aromatic rings. The topological polar surface area (TPSA) is 43.4 Å².